The molecule has 1 heterocycles. The summed E-state index contributed by atoms with van der Waals surface area (Å²) >= 11 is 0. The standard InChI is InChI=1S/C25H24N4O3/c1-2-26-15-14-17-8-10-19(11-9-17)27-24(18-6-4-3-5-7-18)23-21-16-20(29(31)32)12-13-22(21)28-25(23)30/h3-13,16,23,26H,2,14-15H2,1H3,(H,28,30). The number of carbonyl (C=O) groups excluding carboxylic acids is 1. The van der Waals surface area contributed by atoms with Gasteiger partial charge in [0.15, 0.2) is 0 Å². The Labute approximate surface area is 186 Å². The second-order valence-corrected chi connectivity index (χ2v) is 7.58. The van der Waals surface area contributed by atoms with Crippen LogP contribution in [0.5, 0.6) is 0 Å². The van der Waals surface area contributed by atoms with Crippen LogP contribution in [0.3, 0.4) is 0 Å². The molecule has 1 aliphatic rings. The third-order valence-corrected chi connectivity index (χ3v) is 5.45. The molecule has 0 aliphatic carbocycles. The first-order valence-electron chi connectivity index (χ1n) is 10.6. The molecule has 0 radical (unpaired) electrons. The lowest BCUT2D eigenvalue weighted by atomic mass is 9.90. The van der Waals surface area contributed by atoms with Gasteiger partial charge in [0.25, 0.3) is 5.69 Å². The summed E-state index contributed by atoms with van der Waals surface area (Å²) in [5.41, 5.74) is 4.37. The summed E-state index contributed by atoms with van der Waals surface area (Å²) in [6.45, 7) is 3.92. The summed E-state index contributed by atoms with van der Waals surface area (Å²) < 4.78 is 0. The third-order valence-electron chi connectivity index (χ3n) is 5.45. The van der Waals surface area contributed by atoms with Crippen molar-refractivity contribution in [2.75, 3.05) is 18.4 Å². The van der Waals surface area contributed by atoms with E-state index in [0.29, 0.717) is 17.0 Å². The number of nitro benzene ring substituents is 1. The van der Waals surface area contributed by atoms with Crippen molar-refractivity contribution in [2.24, 2.45) is 4.99 Å². The van der Waals surface area contributed by atoms with Crippen LogP contribution in [0.4, 0.5) is 17.1 Å². The molecule has 162 valence electrons. The number of nitrogens with zero attached hydrogens (tertiary/aromatic N) is 2. The number of benzene rings is 3. The van der Waals surface area contributed by atoms with E-state index >= 15 is 0 Å². The fraction of sp³-hybridized carbons (Fsp3) is 0.200. The van der Waals surface area contributed by atoms with Gasteiger partial charge in [-0.15, -0.1) is 0 Å². The maximum absolute atomic E-state index is 12.9. The summed E-state index contributed by atoms with van der Waals surface area (Å²) in [5, 5.41) is 17.5. The zero-order valence-electron chi connectivity index (χ0n) is 17.7. The highest BCUT2D eigenvalue weighted by atomic mass is 16.6. The molecule has 0 spiro atoms. The highest BCUT2D eigenvalue weighted by Crippen LogP contribution is 2.38. The van der Waals surface area contributed by atoms with Crippen molar-refractivity contribution < 1.29 is 9.72 Å². The normalized spacial score (nSPS) is 15.3. The van der Waals surface area contributed by atoms with Crippen LogP contribution in [0.25, 0.3) is 0 Å². The van der Waals surface area contributed by atoms with E-state index in [0.717, 1.165) is 30.8 Å². The Bertz CT molecular complexity index is 1160. The van der Waals surface area contributed by atoms with Gasteiger partial charge in [0, 0.05) is 23.4 Å². The number of hydrogen-bond acceptors (Lipinski definition) is 5. The molecular formula is C25H24N4O3. The molecule has 32 heavy (non-hydrogen) atoms. The van der Waals surface area contributed by atoms with Crippen molar-refractivity contribution in [2.45, 2.75) is 19.3 Å². The lowest BCUT2D eigenvalue weighted by Gasteiger charge is -2.14. The first kappa shape index (κ1) is 21.4. The summed E-state index contributed by atoms with van der Waals surface area (Å²) in [5.74, 6) is -0.980. The minimum absolute atomic E-state index is 0.0531. The number of amides is 1. The third kappa shape index (κ3) is 4.58. The average molecular weight is 428 g/mol. The molecule has 0 bridgehead atoms. The van der Waals surface area contributed by atoms with Crippen LogP contribution in [-0.2, 0) is 11.2 Å². The van der Waals surface area contributed by atoms with Gasteiger partial charge in [0.1, 0.15) is 5.92 Å². The zero-order valence-corrected chi connectivity index (χ0v) is 17.7. The Kier molecular flexibility index (Phi) is 6.37. The fourth-order valence-electron chi connectivity index (χ4n) is 3.82. The van der Waals surface area contributed by atoms with E-state index in [4.69, 9.17) is 4.99 Å². The van der Waals surface area contributed by atoms with Crippen molar-refractivity contribution in [3.63, 3.8) is 0 Å². The largest absolute Gasteiger partial charge is 0.325 e. The van der Waals surface area contributed by atoms with Gasteiger partial charge in [-0.05, 0) is 48.8 Å². The molecule has 7 heteroatoms. The van der Waals surface area contributed by atoms with Crippen molar-refractivity contribution in [3.8, 4) is 0 Å². The van der Waals surface area contributed by atoms with Crippen LogP contribution < -0.4 is 10.6 Å². The van der Waals surface area contributed by atoms with Crippen molar-refractivity contribution >= 4 is 28.7 Å². The summed E-state index contributed by atoms with van der Waals surface area (Å²) in [6.07, 6.45) is 0.922. The van der Waals surface area contributed by atoms with Gasteiger partial charge in [-0.1, -0.05) is 49.4 Å². The number of non-ortho nitro benzene ring substituents is 1. The van der Waals surface area contributed by atoms with E-state index in [1.165, 1.54) is 17.7 Å². The molecule has 3 aromatic carbocycles. The molecule has 0 saturated heterocycles. The average Bonchev–Trinajstić information content (AvgIpc) is 3.14. The topological polar surface area (TPSA) is 96.6 Å². The highest BCUT2D eigenvalue weighted by Gasteiger charge is 2.36. The number of fused-ring (bicyclic) bond motifs is 1. The number of carbonyl (C=O) groups is 1. The first-order valence-corrected chi connectivity index (χ1v) is 10.6. The Hall–Kier alpha value is -3.84. The molecule has 0 fully saturated rings. The SMILES string of the molecule is CCNCCc1ccc(N=C(c2ccccc2)C2C(=O)Nc3ccc([N+](=O)[O-])cc32)cc1. The quantitative estimate of drug-likeness (QED) is 0.237. The van der Waals surface area contributed by atoms with E-state index in [1.54, 1.807) is 6.07 Å². The zero-order chi connectivity index (χ0) is 22.5. The lowest BCUT2D eigenvalue weighted by Crippen LogP contribution is -2.22. The van der Waals surface area contributed by atoms with Crippen LogP contribution in [-0.4, -0.2) is 29.6 Å². The molecule has 3 aromatic rings. The second-order valence-electron chi connectivity index (χ2n) is 7.58. The molecule has 7 nitrogen and oxygen atoms in total. The summed E-state index contributed by atoms with van der Waals surface area (Å²) in [6, 6.07) is 21.8. The first-order chi connectivity index (χ1) is 15.6. The van der Waals surface area contributed by atoms with Crippen LogP contribution in [0, 0.1) is 10.1 Å². The van der Waals surface area contributed by atoms with Gasteiger partial charge in [-0.3, -0.25) is 19.9 Å². The fourth-order valence-corrected chi connectivity index (χ4v) is 3.82. The monoisotopic (exact) mass is 428 g/mol. The number of aliphatic imine (C=N–C) groups is 1. The minimum atomic E-state index is -0.735. The Morgan fingerprint density at radius 2 is 1.84 bits per heavy atom. The molecule has 1 amide bonds. The smallest absolute Gasteiger partial charge is 0.269 e. The molecule has 0 aromatic heterocycles. The predicted molar refractivity (Wildman–Crippen MR) is 126 cm³/mol. The number of nitrogens with one attached hydrogen (secondary N) is 2. The van der Waals surface area contributed by atoms with Gasteiger partial charge in [-0.25, -0.2) is 0 Å². The van der Waals surface area contributed by atoms with Gasteiger partial charge in [0.2, 0.25) is 5.91 Å². The summed E-state index contributed by atoms with van der Waals surface area (Å²) in [4.78, 5) is 28.7. The van der Waals surface area contributed by atoms with Crippen LogP contribution in [0.15, 0.2) is 77.8 Å². The van der Waals surface area contributed by atoms with E-state index in [2.05, 4.69) is 17.6 Å². The minimum Gasteiger partial charge on any atom is -0.325 e. The van der Waals surface area contributed by atoms with Gasteiger partial charge >= 0.3 is 0 Å². The molecule has 1 unspecified atom stereocenters. The van der Waals surface area contributed by atoms with E-state index in [9.17, 15) is 14.9 Å². The lowest BCUT2D eigenvalue weighted by molar-refractivity contribution is -0.384. The van der Waals surface area contributed by atoms with Crippen LogP contribution in [0.1, 0.15) is 29.5 Å². The Balaban J connectivity index is 1.74. The number of nitro groups is 1. The van der Waals surface area contributed by atoms with Crippen LogP contribution in [0.2, 0.25) is 0 Å². The highest BCUT2D eigenvalue weighted by molar-refractivity contribution is 6.24. The number of likely N-dealkylation sites (N-methyl/N-ethyl adjacent to an activating group) is 1. The van der Waals surface area contributed by atoms with Gasteiger partial charge < -0.3 is 10.6 Å². The predicted octanol–water partition coefficient (Wildman–Crippen LogP) is 4.60. The molecular weight excluding hydrogens is 404 g/mol. The maximum Gasteiger partial charge on any atom is 0.269 e. The van der Waals surface area contributed by atoms with Crippen molar-refractivity contribution in [1.29, 1.82) is 0 Å². The van der Waals surface area contributed by atoms with Gasteiger partial charge in [0.05, 0.1) is 16.3 Å². The molecule has 4 rings (SSSR count). The van der Waals surface area contributed by atoms with E-state index in [-0.39, 0.29) is 11.6 Å². The van der Waals surface area contributed by atoms with Crippen molar-refractivity contribution in [1.82, 2.24) is 5.32 Å². The van der Waals surface area contributed by atoms with Crippen LogP contribution >= 0.6 is 0 Å². The molecule has 2 N–H and O–H groups in total. The summed E-state index contributed by atoms with van der Waals surface area (Å²) in [7, 11) is 0. The number of hydrogen-bond donors (Lipinski definition) is 2. The number of anilines is 1. The molecule has 0 saturated carbocycles. The van der Waals surface area contributed by atoms with Crippen molar-refractivity contribution in [3.05, 3.63) is 99.6 Å². The maximum atomic E-state index is 12.9. The van der Waals surface area contributed by atoms with Gasteiger partial charge in [-0.2, -0.15) is 0 Å². The Morgan fingerprint density at radius 3 is 2.53 bits per heavy atom. The number of rotatable bonds is 8. The molecule has 1 atom stereocenters. The molecule has 1 aliphatic heterocycles. The Morgan fingerprint density at radius 1 is 1.09 bits per heavy atom. The second kappa shape index (κ2) is 9.53. The van der Waals surface area contributed by atoms with E-state index < -0.39 is 10.8 Å². The van der Waals surface area contributed by atoms with E-state index in [1.807, 2.05) is 54.6 Å².